The third kappa shape index (κ3) is 20.7. The summed E-state index contributed by atoms with van der Waals surface area (Å²) in [5.74, 6) is -0.272. The maximum Gasteiger partial charge on any atom is 2.00 e. The van der Waals surface area contributed by atoms with Crippen LogP contribution in [0.25, 0.3) is 0 Å². The molecule has 0 aromatic rings. The molecule has 0 atom stereocenters. The molecule has 0 fully saturated rings. The van der Waals surface area contributed by atoms with E-state index in [1.54, 1.807) is 0 Å². The Morgan fingerprint density at radius 1 is 0.581 bits per heavy atom. The van der Waals surface area contributed by atoms with Crippen LogP contribution >= 0.6 is 0 Å². The van der Waals surface area contributed by atoms with Crippen molar-refractivity contribution in [2.75, 3.05) is 19.8 Å². The van der Waals surface area contributed by atoms with Crippen molar-refractivity contribution in [3.05, 3.63) is 0 Å². The number of hydrogen-bond acceptors (Lipinski definition) is 5. The number of rotatable bonds is 23. The van der Waals surface area contributed by atoms with Crippen LogP contribution in [0.1, 0.15) is 133 Å². The minimum atomic E-state index is -3.32. The maximum atomic E-state index is 12.2. The van der Waals surface area contributed by atoms with Gasteiger partial charge in [0.2, 0.25) is 0 Å². The minimum absolute atomic E-state index is 0. The Morgan fingerprint density at radius 2 is 0.903 bits per heavy atom. The molecule has 0 aliphatic heterocycles. The topological polar surface area (TPSA) is 54.0 Å². The van der Waals surface area contributed by atoms with Gasteiger partial charge in [0.1, 0.15) is 0 Å². The third-order valence-electron chi connectivity index (χ3n) is 5.19. The first kappa shape index (κ1) is 33.5. The van der Waals surface area contributed by atoms with Crippen molar-refractivity contribution in [3.63, 3.8) is 0 Å². The molecule has 5 nitrogen and oxygen atoms in total. The van der Waals surface area contributed by atoms with Crippen LogP contribution in [-0.4, -0.2) is 57.9 Å². The van der Waals surface area contributed by atoms with E-state index in [4.69, 9.17) is 17.7 Å². The molecule has 0 saturated carbocycles. The van der Waals surface area contributed by atoms with Crippen LogP contribution in [0.3, 0.4) is 0 Å². The van der Waals surface area contributed by atoms with Gasteiger partial charge in [-0.15, -0.1) is 0 Å². The van der Waals surface area contributed by atoms with Crippen LogP contribution in [-0.2, 0) is 22.5 Å². The molecule has 0 saturated heterocycles. The third-order valence-corrected chi connectivity index (χ3v) is 7.59. The van der Waals surface area contributed by atoms with Gasteiger partial charge >= 0.3 is 32.1 Å². The summed E-state index contributed by atoms with van der Waals surface area (Å²) >= 11 is 0. The van der Waals surface area contributed by atoms with Gasteiger partial charge in [0, 0.05) is 26.2 Å². The molecule has 0 aromatic carbocycles. The molecule has 0 aliphatic carbocycles. The fourth-order valence-electron chi connectivity index (χ4n) is 3.57. The van der Waals surface area contributed by atoms with E-state index in [1.807, 2.05) is 20.8 Å². The molecule has 31 heavy (non-hydrogen) atoms. The van der Waals surface area contributed by atoms with Gasteiger partial charge in [0.25, 0.3) is 5.97 Å². The molecule has 0 radical (unpaired) electrons. The average molecular weight is 473 g/mol. The summed E-state index contributed by atoms with van der Waals surface area (Å²) in [6.45, 7) is 9.03. The second-order valence-corrected chi connectivity index (χ2v) is 10.0. The Morgan fingerprint density at radius 3 is 1.23 bits per heavy atom. The molecular formula is C24H52MgO5Si. The van der Waals surface area contributed by atoms with Crippen molar-refractivity contribution in [2.45, 2.75) is 130 Å². The van der Waals surface area contributed by atoms with E-state index in [1.165, 1.54) is 83.5 Å². The van der Waals surface area contributed by atoms with Crippen LogP contribution in [0.4, 0.5) is 0 Å². The number of carbonyl (C=O) groups is 1. The van der Waals surface area contributed by atoms with Crippen LogP contribution in [0.15, 0.2) is 0 Å². The van der Waals surface area contributed by atoms with Crippen molar-refractivity contribution in [1.82, 2.24) is 0 Å². The predicted octanol–water partition coefficient (Wildman–Crippen LogP) is 7.18. The largest absolute Gasteiger partial charge is 2.00 e. The fourth-order valence-corrected chi connectivity index (χ4v) is 5.44. The SMILES string of the molecule is CCCCCCCCCCCCCCCCCC(=O)O[Si](OCC)(OCC)OCC.[H-].[H-].[Mg+2]. The van der Waals surface area contributed by atoms with Gasteiger partial charge in [0.15, 0.2) is 0 Å². The summed E-state index contributed by atoms with van der Waals surface area (Å²) in [4.78, 5) is 12.2. The minimum Gasteiger partial charge on any atom is -1.00 e. The molecule has 0 aromatic heterocycles. The summed E-state index contributed by atoms with van der Waals surface area (Å²) < 4.78 is 22.2. The van der Waals surface area contributed by atoms with E-state index < -0.39 is 9.05 Å². The van der Waals surface area contributed by atoms with Gasteiger partial charge in [-0.1, -0.05) is 96.8 Å². The molecular weight excluding hydrogens is 421 g/mol. The summed E-state index contributed by atoms with van der Waals surface area (Å²) in [5.41, 5.74) is 0. The molecule has 0 amide bonds. The van der Waals surface area contributed by atoms with Crippen molar-refractivity contribution < 1.29 is 25.4 Å². The van der Waals surface area contributed by atoms with Crippen LogP contribution in [0, 0.1) is 0 Å². The smallest absolute Gasteiger partial charge is 1.00 e. The molecule has 0 heterocycles. The van der Waals surface area contributed by atoms with Gasteiger partial charge in [-0.2, -0.15) is 0 Å². The normalized spacial score (nSPS) is 11.4. The zero-order chi connectivity index (χ0) is 22.3. The summed E-state index contributed by atoms with van der Waals surface area (Å²) in [6.07, 6.45) is 20.0. The first-order valence-corrected chi connectivity index (χ1v) is 14.4. The molecule has 7 heteroatoms. The first-order valence-electron chi connectivity index (χ1n) is 12.8. The molecule has 0 rings (SSSR count). The molecule has 0 bridgehead atoms. The molecule has 184 valence electrons. The van der Waals surface area contributed by atoms with Gasteiger partial charge in [-0.3, -0.25) is 4.79 Å². The van der Waals surface area contributed by atoms with Crippen molar-refractivity contribution in [3.8, 4) is 0 Å². The van der Waals surface area contributed by atoms with E-state index in [9.17, 15) is 4.79 Å². The van der Waals surface area contributed by atoms with E-state index in [0.29, 0.717) is 26.2 Å². The van der Waals surface area contributed by atoms with Gasteiger partial charge in [0.05, 0.1) is 0 Å². The Labute approximate surface area is 213 Å². The second kappa shape index (κ2) is 25.0. The standard InChI is InChI=1S/C24H50O5Si.Mg.2H/c1-5-9-10-11-12-13-14-15-16-17-18-19-20-21-22-23-24(25)29-30(26-6-2,27-7-3)28-8-4;;;/h5-23H2,1-4H3;;;/q;+2;2*-1. The Kier molecular flexibility index (Phi) is 27.0. The molecule has 0 aliphatic rings. The van der Waals surface area contributed by atoms with Crippen molar-refractivity contribution in [2.24, 2.45) is 0 Å². The summed E-state index contributed by atoms with van der Waals surface area (Å²) in [7, 11) is -3.32. The molecule has 0 N–H and O–H groups in total. The fraction of sp³-hybridized carbons (Fsp3) is 0.958. The quantitative estimate of drug-likeness (QED) is 0.116. The molecule has 0 unspecified atom stereocenters. The summed E-state index contributed by atoms with van der Waals surface area (Å²) in [5, 5.41) is 0. The van der Waals surface area contributed by atoms with Crippen molar-refractivity contribution >= 4 is 38.1 Å². The van der Waals surface area contributed by atoms with Gasteiger partial charge < -0.3 is 20.6 Å². The first-order chi connectivity index (χ1) is 14.6. The zero-order valence-electron chi connectivity index (χ0n) is 23.2. The van der Waals surface area contributed by atoms with Gasteiger partial charge in [-0.25, -0.2) is 0 Å². The van der Waals surface area contributed by atoms with Crippen LogP contribution < -0.4 is 0 Å². The van der Waals surface area contributed by atoms with Crippen molar-refractivity contribution in [1.29, 1.82) is 0 Å². The van der Waals surface area contributed by atoms with E-state index in [-0.39, 0.29) is 31.9 Å². The Bertz CT molecular complexity index is 379. The van der Waals surface area contributed by atoms with Crippen LogP contribution in [0.5, 0.6) is 0 Å². The average Bonchev–Trinajstić information content (AvgIpc) is 2.71. The second-order valence-electron chi connectivity index (χ2n) is 7.97. The monoisotopic (exact) mass is 472 g/mol. The summed E-state index contributed by atoms with van der Waals surface area (Å²) in [6, 6.07) is 0. The van der Waals surface area contributed by atoms with E-state index in [0.717, 1.165) is 12.8 Å². The maximum absolute atomic E-state index is 12.2. The number of hydrogen-bond donors (Lipinski definition) is 0. The van der Waals surface area contributed by atoms with Gasteiger partial charge in [-0.05, 0) is 27.2 Å². The number of carbonyl (C=O) groups excluding carboxylic acids is 1. The predicted molar refractivity (Wildman–Crippen MR) is 134 cm³/mol. The molecule has 0 spiro atoms. The van der Waals surface area contributed by atoms with E-state index >= 15 is 0 Å². The van der Waals surface area contributed by atoms with Crippen LogP contribution in [0.2, 0.25) is 0 Å². The Balaban J connectivity index is -0.00000140. The number of unbranched alkanes of at least 4 members (excludes halogenated alkanes) is 14. The van der Waals surface area contributed by atoms with E-state index in [2.05, 4.69) is 6.92 Å². The Hall–Kier alpha value is 0.333. The zero-order valence-corrected chi connectivity index (χ0v) is 23.6.